The van der Waals surface area contributed by atoms with Crippen molar-refractivity contribution in [3.63, 3.8) is 0 Å². The van der Waals surface area contributed by atoms with E-state index in [0.717, 1.165) is 12.0 Å². The Hall–Kier alpha value is -0.240. The third-order valence-electron chi connectivity index (χ3n) is 2.15. The molecule has 82 valence electrons. The van der Waals surface area contributed by atoms with Gasteiger partial charge in [0.1, 0.15) is 0 Å². The van der Waals surface area contributed by atoms with Crippen molar-refractivity contribution in [2.45, 2.75) is 19.8 Å². The third-order valence-corrected chi connectivity index (χ3v) is 3.06. The minimum Gasteiger partial charge on any atom is -0.294 e. The van der Waals surface area contributed by atoms with Crippen LogP contribution in [0.5, 0.6) is 0 Å². The van der Waals surface area contributed by atoms with Gasteiger partial charge in [-0.25, -0.2) is 0 Å². The summed E-state index contributed by atoms with van der Waals surface area (Å²) in [5.74, 6) is 0.336. The van der Waals surface area contributed by atoms with E-state index in [-0.39, 0.29) is 5.78 Å². The lowest BCUT2D eigenvalue weighted by Crippen LogP contribution is -2.04. The van der Waals surface area contributed by atoms with Crippen LogP contribution >= 0.6 is 34.8 Å². The van der Waals surface area contributed by atoms with E-state index < -0.39 is 0 Å². The molecule has 15 heavy (non-hydrogen) atoms. The van der Waals surface area contributed by atoms with Crippen LogP contribution in [0, 0.1) is 0 Å². The second kappa shape index (κ2) is 5.74. The summed E-state index contributed by atoms with van der Waals surface area (Å²) < 4.78 is 0. The van der Waals surface area contributed by atoms with Crippen molar-refractivity contribution in [1.82, 2.24) is 0 Å². The summed E-state index contributed by atoms with van der Waals surface area (Å²) in [4.78, 5) is 11.7. The Kier molecular flexibility index (Phi) is 4.91. The number of carbonyl (C=O) groups excluding carboxylic acids is 1. The van der Waals surface area contributed by atoms with Crippen molar-refractivity contribution in [2.75, 3.05) is 5.88 Å². The number of ketones is 1. The highest BCUT2D eigenvalue weighted by Crippen LogP contribution is 2.27. The number of alkyl halides is 1. The van der Waals surface area contributed by atoms with Gasteiger partial charge in [0, 0.05) is 17.9 Å². The average Bonchev–Trinajstić information content (AvgIpc) is 2.21. The van der Waals surface area contributed by atoms with Crippen molar-refractivity contribution < 1.29 is 4.79 Å². The molecule has 0 fully saturated rings. The van der Waals surface area contributed by atoms with E-state index in [2.05, 4.69) is 0 Å². The van der Waals surface area contributed by atoms with Gasteiger partial charge in [0.15, 0.2) is 5.78 Å². The van der Waals surface area contributed by atoms with Gasteiger partial charge in [-0.1, -0.05) is 30.1 Å². The number of hydrogen-bond acceptors (Lipinski definition) is 1. The monoisotopic (exact) mass is 264 g/mol. The van der Waals surface area contributed by atoms with E-state index in [0.29, 0.717) is 27.9 Å². The SMILES string of the molecule is CCc1cc(Cl)c(Cl)cc1C(=O)CCCl. The number of rotatable bonds is 4. The average molecular weight is 266 g/mol. The lowest BCUT2D eigenvalue weighted by atomic mass is 10.0. The van der Waals surface area contributed by atoms with Gasteiger partial charge in [0.2, 0.25) is 0 Å². The highest BCUT2D eigenvalue weighted by Gasteiger charge is 2.12. The first-order valence-electron chi connectivity index (χ1n) is 4.67. The van der Waals surface area contributed by atoms with Crippen LogP contribution in [0.1, 0.15) is 29.3 Å². The molecular weight excluding hydrogens is 254 g/mol. The lowest BCUT2D eigenvalue weighted by Gasteiger charge is -2.08. The molecule has 0 unspecified atom stereocenters. The number of aryl methyl sites for hydroxylation is 1. The van der Waals surface area contributed by atoms with Crippen molar-refractivity contribution in [3.05, 3.63) is 33.3 Å². The molecule has 1 rings (SSSR count). The van der Waals surface area contributed by atoms with Crippen molar-refractivity contribution in [2.24, 2.45) is 0 Å². The third kappa shape index (κ3) is 3.10. The number of halogens is 3. The second-order valence-electron chi connectivity index (χ2n) is 3.14. The van der Waals surface area contributed by atoms with Crippen LogP contribution in [0.4, 0.5) is 0 Å². The fourth-order valence-electron chi connectivity index (χ4n) is 1.36. The van der Waals surface area contributed by atoms with Gasteiger partial charge in [0.25, 0.3) is 0 Å². The number of hydrogen-bond donors (Lipinski definition) is 0. The molecule has 0 atom stereocenters. The molecule has 1 aromatic carbocycles. The lowest BCUT2D eigenvalue weighted by molar-refractivity contribution is 0.0988. The van der Waals surface area contributed by atoms with Crippen LogP contribution < -0.4 is 0 Å². The van der Waals surface area contributed by atoms with Gasteiger partial charge in [-0.3, -0.25) is 4.79 Å². The summed E-state index contributed by atoms with van der Waals surface area (Å²) in [6.07, 6.45) is 1.08. The van der Waals surface area contributed by atoms with E-state index in [1.807, 2.05) is 6.92 Å². The van der Waals surface area contributed by atoms with Crippen molar-refractivity contribution >= 4 is 40.6 Å². The molecule has 0 aliphatic rings. The molecule has 0 aliphatic carbocycles. The molecular formula is C11H11Cl3O. The topological polar surface area (TPSA) is 17.1 Å². The van der Waals surface area contributed by atoms with E-state index in [1.165, 1.54) is 0 Å². The predicted octanol–water partition coefficient (Wildman–Crippen LogP) is 4.37. The Morgan fingerprint density at radius 2 is 1.87 bits per heavy atom. The molecule has 0 saturated heterocycles. The predicted molar refractivity (Wildman–Crippen MR) is 65.5 cm³/mol. The Morgan fingerprint density at radius 3 is 2.40 bits per heavy atom. The first kappa shape index (κ1) is 12.8. The first-order chi connectivity index (χ1) is 7.10. The zero-order valence-corrected chi connectivity index (χ0v) is 10.6. The molecule has 0 N–H and O–H groups in total. The molecule has 0 aliphatic heterocycles. The highest BCUT2D eigenvalue weighted by molar-refractivity contribution is 6.42. The summed E-state index contributed by atoms with van der Waals surface area (Å²) in [6, 6.07) is 3.36. The fraction of sp³-hybridized carbons (Fsp3) is 0.364. The number of benzene rings is 1. The quantitative estimate of drug-likeness (QED) is 0.584. The first-order valence-corrected chi connectivity index (χ1v) is 5.96. The summed E-state index contributed by atoms with van der Waals surface area (Å²) in [6.45, 7) is 1.97. The molecule has 0 amide bonds. The van der Waals surface area contributed by atoms with Crippen LogP contribution in [0.15, 0.2) is 12.1 Å². The molecule has 1 nitrogen and oxygen atoms in total. The molecule has 0 spiro atoms. The molecule has 1 aromatic rings. The van der Waals surface area contributed by atoms with Crippen LogP contribution in [-0.4, -0.2) is 11.7 Å². The van der Waals surface area contributed by atoms with Crippen LogP contribution in [0.2, 0.25) is 10.0 Å². The van der Waals surface area contributed by atoms with E-state index in [4.69, 9.17) is 34.8 Å². The standard InChI is InChI=1S/C11H11Cl3O/c1-2-7-5-9(13)10(14)6-8(7)11(15)3-4-12/h5-6H,2-4H2,1H3. The van der Waals surface area contributed by atoms with Gasteiger partial charge in [-0.2, -0.15) is 0 Å². The minimum atomic E-state index is 0.0143. The molecule has 0 saturated carbocycles. The minimum absolute atomic E-state index is 0.0143. The van der Waals surface area contributed by atoms with E-state index >= 15 is 0 Å². The van der Waals surface area contributed by atoms with E-state index in [9.17, 15) is 4.79 Å². The number of Topliss-reactive ketones (excluding diaryl/α,β-unsaturated/α-hetero) is 1. The summed E-state index contributed by atoms with van der Waals surface area (Å²) in [5, 5.41) is 0.891. The Labute approximate surface area is 104 Å². The largest absolute Gasteiger partial charge is 0.294 e. The van der Waals surface area contributed by atoms with Crippen molar-refractivity contribution in [3.8, 4) is 0 Å². The summed E-state index contributed by atoms with van der Waals surface area (Å²) in [5.41, 5.74) is 1.55. The van der Waals surface area contributed by atoms with Gasteiger partial charge in [0.05, 0.1) is 10.0 Å². The fourth-order valence-corrected chi connectivity index (χ4v) is 1.88. The van der Waals surface area contributed by atoms with Gasteiger partial charge < -0.3 is 0 Å². The molecule has 0 heterocycles. The van der Waals surface area contributed by atoms with Gasteiger partial charge >= 0.3 is 0 Å². The van der Waals surface area contributed by atoms with Crippen LogP contribution in [0.3, 0.4) is 0 Å². The van der Waals surface area contributed by atoms with E-state index in [1.54, 1.807) is 12.1 Å². The molecule has 0 radical (unpaired) electrons. The Balaban J connectivity index is 3.15. The van der Waals surface area contributed by atoms with Gasteiger partial charge in [-0.15, -0.1) is 11.6 Å². The summed E-state index contributed by atoms with van der Waals surface area (Å²) in [7, 11) is 0. The maximum absolute atomic E-state index is 11.7. The maximum Gasteiger partial charge on any atom is 0.164 e. The van der Waals surface area contributed by atoms with Gasteiger partial charge in [-0.05, 0) is 24.1 Å². The van der Waals surface area contributed by atoms with Crippen molar-refractivity contribution in [1.29, 1.82) is 0 Å². The zero-order valence-electron chi connectivity index (χ0n) is 8.32. The molecule has 4 heteroatoms. The maximum atomic E-state index is 11.7. The molecule has 0 bridgehead atoms. The van der Waals surface area contributed by atoms with Crippen LogP contribution in [-0.2, 0) is 6.42 Å². The Morgan fingerprint density at radius 1 is 1.27 bits per heavy atom. The number of carbonyl (C=O) groups is 1. The smallest absolute Gasteiger partial charge is 0.164 e. The highest BCUT2D eigenvalue weighted by atomic mass is 35.5. The normalized spacial score (nSPS) is 10.4. The molecule has 0 aromatic heterocycles. The van der Waals surface area contributed by atoms with Crippen LogP contribution in [0.25, 0.3) is 0 Å². The summed E-state index contributed by atoms with van der Waals surface area (Å²) >= 11 is 17.3. The second-order valence-corrected chi connectivity index (χ2v) is 4.33. The Bertz CT molecular complexity index is 374. The zero-order chi connectivity index (χ0) is 11.4.